The van der Waals surface area contributed by atoms with Crippen molar-refractivity contribution in [1.82, 2.24) is 20.1 Å². The molecule has 2 heterocycles. The summed E-state index contributed by atoms with van der Waals surface area (Å²) in [7, 11) is 2.01. The second kappa shape index (κ2) is 6.02. The molecule has 2 N–H and O–H groups in total. The Hall–Kier alpha value is -1.78. The molecule has 0 spiro atoms. The number of hydrogen-bond donors (Lipinski definition) is 2. The molecule has 5 heteroatoms. The van der Waals surface area contributed by atoms with E-state index in [1.54, 1.807) is 0 Å². The predicted octanol–water partition coefficient (Wildman–Crippen LogP) is 3.76. The first-order chi connectivity index (χ1) is 11.2. The lowest BCUT2D eigenvalue weighted by Crippen LogP contribution is -2.17. The van der Waals surface area contributed by atoms with Gasteiger partial charge in [-0.1, -0.05) is 11.6 Å². The van der Waals surface area contributed by atoms with Crippen molar-refractivity contribution >= 4 is 22.5 Å². The molecule has 0 radical (unpaired) electrons. The minimum atomic E-state index is 0.698. The van der Waals surface area contributed by atoms with Crippen LogP contribution in [0.2, 0.25) is 5.02 Å². The molecule has 0 bridgehead atoms. The number of nitrogens with one attached hydrogen (secondary N) is 2. The van der Waals surface area contributed by atoms with E-state index in [4.69, 9.17) is 11.6 Å². The van der Waals surface area contributed by atoms with Gasteiger partial charge in [0.25, 0.3) is 0 Å². The van der Waals surface area contributed by atoms with Crippen molar-refractivity contribution in [3.63, 3.8) is 0 Å². The van der Waals surface area contributed by atoms with Crippen molar-refractivity contribution in [2.75, 3.05) is 6.54 Å². The second-order valence-corrected chi connectivity index (χ2v) is 6.85. The molecule has 1 aliphatic rings. The van der Waals surface area contributed by atoms with Gasteiger partial charge in [0.15, 0.2) is 0 Å². The molecule has 3 aromatic rings. The molecule has 4 rings (SSSR count). The number of aromatic nitrogens is 3. The number of aryl methyl sites for hydroxylation is 1. The summed E-state index contributed by atoms with van der Waals surface area (Å²) in [5.41, 5.74) is 5.09. The number of halogens is 1. The lowest BCUT2D eigenvalue weighted by Gasteiger charge is -2.04. The van der Waals surface area contributed by atoms with Crippen LogP contribution in [-0.2, 0) is 20.0 Å². The maximum Gasteiger partial charge on any atom is 0.0700 e. The first-order valence-corrected chi connectivity index (χ1v) is 8.57. The van der Waals surface area contributed by atoms with Gasteiger partial charge in [-0.3, -0.25) is 4.68 Å². The van der Waals surface area contributed by atoms with Gasteiger partial charge in [-0.2, -0.15) is 5.10 Å². The Kier molecular flexibility index (Phi) is 3.87. The zero-order valence-corrected chi connectivity index (χ0v) is 14.0. The summed E-state index contributed by atoms with van der Waals surface area (Å²) in [6.07, 6.45) is 7.80. The van der Waals surface area contributed by atoms with Crippen LogP contribution in [0.3, 0.4) is 0 Å². The zero-order chi connectivity index (χ0) is 15.8. The highest BCUT2D eigenvalue weighted by Gasteiger charge is 2.28. The average molecular weight is 329 g/mol. The average Bonchev–Trinajstić information content (AvgIpc) is 3.20. The largest absolute Gasteiger partial charge is 0.361 e. The number of rotatable bonds is 6. The number of fused-ring (bicyclic) bond motifs is 1. The topological polar surface area (TPSA) is 45.6 Å². The van der Waals surface area contributed by atoms with E-state index in [1.165, 1.54) is 35.0 Å². The van der Waals surface area contributed by atoms with Crippen LogP contribution >= 0.6 is 11.6 Å². The van der Waals surface area contributed by atoms with Crippen LogP contribution in [0.4, 0.5) is 0 Å². The first kappa shape index (κ1) is 14.8. The molecular weight excluding hydrogens is 308 g/mol. The molecule has 0 saturated heterocycles. The van der Waals surface area contributed by atoms with Gasteiger partial charge in [-0.05, 0) is 49.6 Å². The monoisotopic (exact) mass is 328 g/mol. The van der Waals surface area contributed by atoms with E-state index in [0.29, 0.717) is 5.92 Å². The van der Waals surface area contributed by atoms with Crippen molar-refractivity contribution in [1.29, 1.82) is 0 Å². The van der Waals surface area contributed by atoms with Gasteiger partial charge in [0.1, 0.15) is 0 Å². The van der Waals surface area contributed by atoms with Crippen LogP contribution in [0.1, 0.15) is 35.6 Å². The maximum absolute atomic E-state index is 6.11. The van der Waals surface area contributed by atoms with E-state index in [9.17, 15) is 0 Å². The predicted molar refractivity (Wildman–Crippen MR) is 93.9 cm³/mol. The SMILES string of the molecule is Cn1cc(CNCCc2c[nH]c3ccc(Cl)cc23)c(C2CC2)n1. The fraction of sp³-hybridized carbons (Fsp3) is 0.389. The summed E-state index contributed by atoms with van der Waals surface area (Å²) in [6, 6.07) is 5.99. The molecule has 0 unspecified atom stereocenters. The zero-order valence-electron chi connectivity index (χ0n) is 13.3. The third-order valence-electron chi connectivity index (χ3n) is 4.52. The molecule has 1 saturated carbocycles. The second-order valence-electron chi connectivity index (χ2n) is 6.42. The van der Waals surface area contributed by atoms with E-state index >= 15 is 0 Å². The van der Waals surface area contributed by atoms with Gasteiger partial charge in [0.05, 0.1) is 5.69 Å². The molecule has 0 amide bonds. The number of nitrogens with zero attached hydrogens (tertiary/aromatic N) is 2. The fourth-order valence-electron chi connectivity index (χ4n) is 3.20. The van der Waals surface area contributed by atoms with Crippen LogP contribution in [0, 0.1) is 0 Å². The number of benzene rings is 1. The fourth-order valence-corrected chi connectivity index (χ4v) is 3.37. The van der Waals surface area contributed by atoms with Crippen LogP contribution < -0.4 is 5.32 Å². The molecule has 1 fully saturated rings. The summed E-state index contributed by atoms with van der Waals surface area (Å²) in [5.74, 6) is 0.698. The Morgan fingerprint density at radius 3 is 3.04 bits per heavy atom. The molecule has 0 aliphatic heterocycles. The molecular formula is C18H21ClN4. The van der Waals surface area contributed by atoms with Gasteiger partial charge in [0, 0.05) is 53.4 Å². The number of hydrogen-bond acceptors (Lipinski definition) is 2. The van der Waals surface area contributed by atoms with Gasteiger partial charge in [-0.15, -0.1) is 0 Å². The summed E-state index contributed by atoms with van der Waals surface area (Å²) in [4.78, 5) is 3.31. The summed E-state index contributed by atoms with van der Waals surface area (Å²) in [5, 5.41) is 10.2. The lowest BCUT2D eigenvalue weighted by molar-refractivity contribution is 0.683. The van der Waals surface area contributed by atoms with Crippen molar-refractivity contribution in [3.8, 4) is 0 Å². The molecule has 2 aromatic heterocycles. The van der Waals surface area contributed by atoms with Gasteiger partial charge >= 0.3 is 0 Å². The molecule has 4 nitrogen and oxygen atoms in total. The summed E-state index contributed by atoms with van der Waals surface area (Å²) >= 11 is 6.11. The van der Waals surface area contributed by atoms with Gasteiger partial charge < -0.3 is 10.3 Å². The van der Waals surface area contributed by atoms with Gasteiger partial charge in [0.2, 0.25) is 0 Å². The maximum atomic E-state index is 6.11. The quantitative estimate of drug-likeness (QED) is 0.677. The van der Waals surface area contributed by atoms with E-state index in [1.807, 2.05) is 29.9 Å². The Morgan fingerprint density at radius 2 is 2.22 bits per heavy atom. The van der Waals surface area contributed by atoms with E-state index in [0.717, 1.165) is 30.0 Å². The van der Waals surface area contributed by atoms with Crippen molar-refractivity contribution in [2.45, 2.75) is 31.7 Å². The minimum absolute atomic E-state index is 0.698. The Bertz CT molecular complexity index is 829. The van der Waals surface area contributed by atoms with Crippen molar-refractivity contribution < 1.29 is 0 Å². The summed E-state index contributed by atoms with van der Waals surface area (Å²) in [6.45, 7) is 1.83. The molecule has 23 heavy (non-hydrogen) atoms. The Labute approximate surface area is 140 Å². The first-order valence-electron chi connectivity index (χ1n) is 8.19. The lowest BCUT2D eigenvalue weighted by atomic mass is 10.1. The minimum Gasteiger partial charge on any atom is -0.361 e. The van der Waals surface area contributed by atoms with E-state index in [-0.39, 0.29) is 0 Å². The third-order valence-corrected chi connectivity index (χ3v) is 4.75. The van der Waals surface area contributed by atoms with Crippen LogP contribution in [0.5, 0.6) is 0 Å². The number of H-pyrrole nitrogens is 1. The number of aromatic amines is 1. The smallest absolute Gasteiger partial charge is 0.0700 e. The highest BCUT2D eigenvalue weighted by molar-refractivity contribution is 6.31. The standard InChI is InChI=1S/C18H21ClN4/c1-23-11-14(18(22-23)12-2-3-12)9-20-7-6-13-10-21-17-5-4-15(19)8-16(13)17/h4-5,8,10-12,20-21H,2-3,6-7,9H2,1H3. The van der Waals surface area contributed by atoms with Crippen LogP contribution in [-0.4, -0.2) is 21.3 Å². The van der Waals surface area contributed by atoms with Crippen molar-refractivity contribution in [3.05, 3.63) is 52.4 Å². The summed E-state index contributed by atoms with van der Waals surface area (Å²) < 4.78 is 1.94. The Morgan fingerprint density at radius 1 is 1.35 bits per heavy atom. The highest BCUT2D eigenvalue weighted by Crippen LogP contribution is 2.40. The molecule has 120 valence electrons. The normalized spacial score (nSPS) is 14.7. The molecule has 1 aliphatic carbocycles. The van der Waals surface area contributed by atoms with Gasteiger partial charge in [-0.25, -0.2) is 0 Å². The molecule has 1 aromatic carbocycles. The highest BCUT2D eigenvalue weighted by atomic mass is 35.5. The van der Waals surface area contributed by atoms with Crippen LogP contribution in [0.15, 0.2) is 30.6 Å². The molecule has 0 atom stereocenters. The van der Waals surface area contributed by atoms with E-state index < -0.39 is 0 Å². The van der Waals surface area contributed by atoms with Crippen LogP contribution in [0.25, 0.3) is 10.9 Å². The van der Waals surface area contributed by atoms with Crippen molar-refractivity contribution in [2.24, 2.45) is 7.05 Å². The third kappa shape index (κ3) is 3.14. The van der Waals surface area contributed by atoms with E-state index in [2.05, 4.69) is 27.8 Å². The Balaban J connectivity index is 1.37.